The molecule has 0 N–H and O–H groups in total. The normalized spacial score (nSPS) is 19.0. The molecule has 2 nitrogen and oxygen atoms in total. The molecule has 1 fully saturated rings. The number of rotatable bonds is 3. The van der Waals surface area contributed by atoms with Gasteiger partial charge in [-0.05, 0) is 31.9 Å². The Morgan fingerprint density at radius 3 is 2.46 bits per heavy atom. The van der Waals surface area contributed by atoms with Crippen molar-refractivity contribution >= 4 is 15.0 Å². The van der Waals surface area contributed by atoms with E-state index in [1.165, 1.54) is 32.1 Å². The van der Waals surface area contributed by atoms with Gasteiger partial charge in [0, 0.05) is 6.42 Å². The van der Waals surface area contributed by atoms with E-state index in [1.54, 1.807) is 0 Å². The Labute approximate surface area is 82.4 Å². The second kappa shape index (κ2) is 5.42. The van der Waals surface area contributed by atoms with Crippen LogP contribution in [0.3, 0.4) is 0 Å². The Kier molecular flexibility index (Phi) is 4.49. The van der Waals surface area contributed by atoms with Gasteiger partial charge in [0.25, 0.3) is 5.97 Å². The average Bonchev–Trinajstić information content (AvgIpc) is 2.04. The van der Waals surface area contributed by atoms with Gasteiger partial charge in [-0.25, -0.2) is 0 Å². The zero-order valence-corrected chi connectivity index (χ0v) is 9.87. The summed E-state index contributed by atoms with van der Waals surface area (Å²) in [4.78, 5) is 11.3. The van der Waals surface area contributed by atoms with Crippen LogP contribution in [0.4, 0.5) is 0 Å². The van der Waals surface area contributed by atoms with Gasteiger partial charge in [-0.15, -0.1) is 0 Å². The fraction of sp³-hybridized carbons (Fsp3) is 0.900. The van der Waals surface area contributed by atoms with E-state index in [4.69, 9.17) is 4.43 Å². The molecule has 0 radical (unpaired) electrons. The molecule has 76 valence electrons. The van der Waals surface area contributed by atoms with Gasteiger partial charge in [0.2, 0.25) is 9.04 Å². The molecule has 3 heteroatoms. The Hall–Kier alpha value is -0.313. The zero-order valence-electron chi connectivity index (χ0n) is 8.71. The third kappa shape index (κ3) is 4.46. The van der Waals surface area contributed by atoms with Crippen molar-refractivity contribution in [2.24, 2.45) is 5.92 Å². The van der Waals surface area contributed by atoms with Crippen LogP contribution in [0.2, 0.25) is 13.1 Å². The zero-order chi connectivity index (χ0) is 9.68. The molecule has 1 rings (SSSR count). The first-order chi connectivity index (χ1) is 6.18. The van der Waals surface area contributed by atoms with Gasteiger partial charge in [-0.2, -0.15) is 0 Å². The lowest BCUT2D eigenvalue weighted by molar-refractivity contribution is -0.136. The van der Waals surface area contributed by atoms with E-state index in [0.29, 0.717) is 12.3 Å². The van der Waals surface area contributed by atoms with E-state index < -0.39 is 9.04 Å². The molecule has 0 aromatic carbocycles. The van der Waals surface area contributed by atoms with Gasteiger partial charge >= 0.3 is 0 Å². The minimum Gasteiger partial charge on any atom is -0.523 e. The summed E-state index contributed by atoms with van der Waals surface area (Å²) in [5.41, 5.74) is 0. The first-order valence-electron chi connectivity index (χ1n) is 5.38. The van der Waals surface area contributed by atoms with Crippen LogP contribution in [0.15, 0.2) is 0 Å². The van der Waals surface area contributed by atoms with Crippen molar-refractivity contribution in [3.63, 3.8) is 0 Å². The third-order valence-corrected chi connectivity index (χ3v) is 3.28. The van der Waals surface area contributed by atoms with Crippen LogP contribution < -0.4 is 0 Å². The number of carbonyl (C=O) groups is 1. The van der Waals surface area contributed by atoms with Crippen LogP contribution >= 0.6 is 0 Å². The Morgan fingerprint density at radius 2 is 1.92 bits per heavy atom. The fourth-order valence-electron chi connectivity index (χ4n) is 1.94. The van der Waals surface area contributed by atoms with Crippen molar-refractivity contribution < 1.29 is 9.22 Å². The Morgan fingerprint density at radius 1 is 1.31 bits per heavy atom. The van der Waals surface area contributed by atoms with Gasteiger partial charge in [0.15, 0.2) is 0 Å². The van der Waals surface area contributed by atoms with Crippen molar-refractivity contribution in [1.29, 1.82) is 0 Å². The molecule has 0 unspecified atom stereocenters. The monoisotopic (exact) mass is 200 g/mol. The molecule has 0 aromatic rings. The lowest BCUT2D eigenvalue weighted by Gasteiger charge is -2.21. The highest BCUT2D eigenvalue weighted by Gasteiger charge is 2.18. The average molecular weight is 200 g/mol. The van der Waals surface area contributed by atoms with E-state index in [1.807, 2.05) is 13.1 Å². The molecular formula is C10H20O2Si. The maximum absolute atomic E-state index is 11.3. The molecule has 0 bridgehead atoms. The summed E-state index contributed by atoms with van der Waals surface area (Å²) in [5, 5.41) is 0. The lowest BCUT2D eigenvalue weighted by Crippen LogP contribution is -2.19. The van der Waals surface area contributed by atoms with E-state index in [2.05, 4.69) is 0 Å². The van der Waals surface area contributed by atoms with Gasteiger partial charge in [-0.3, -0.25) is 4.79 Å². The highest BCUT2D eigenvalue weighted by atomic mass is 28.3. The lowest BCUT2D eigenvalue weighted by atomic mass is 9.87. The Bertz CT molecular complexity index is 162. The van der Waals surface area contributed by atoms with Gasteiger partial charge in [0.05, 0.1) is 0 Å². The topological polar surface area (TPSA) is 26.3 Å². The minimum atomic E-state index is -1.15. The molecule has 0 aromatic heterocycles. The van der Waals surface area contributed by atoms with Crippen LogP contribution in [0.1, 0.15) is 38.5 Å². The van der Waals surface area contributed by atoms with Gasteiger partial charge in [-0.1, -0.05) is 19.3 Å². The van der Waals surface area contributed by atoms with Crippen molar-refractivity contribution in [3.8, 4) is 0 Å². The van der Waals surface area contributed by atoms with Crippen molar-refractivity contribution in [1.82, 2.24) is 0 Å². The summed E-state index contributed by atoms with van der Waals surface area (Å²) in [5.74, 6) is 0.669. The SMILES string of the molecule is C[SiH](C)OC(=O)CC1CCCCC1. The van der Waals surface area contributed by atoms with E-state index in [-0.39, 0.29) is 5.97 Å². The van der Waals surface area contributed by atoms with Gasteiger partial charge < -0.3 is 4.43 Å². The van der Waals surface area contributed by atoms with Crippen LogP contribution in [-0.4, -0.2) is 15.0 Å². The largest absolute Gasteiger partial charge is 0.523 e. The third-order valence-electron chi connectivity index (χ3n) is 2.55. The standard InChI is InChI=1S/C10H20O2Si/c1-13(2)12-10(11)8-9-6-4-3-5-7-9/h9,13H,3-8H2,1-2H3. The van der Waals surface area contributed by atoms with Crippen LogP contribution in [0.25, 0.3) is 0 Å². The van der Waals surface area contributed by atoms with Gasteiger partial charge in [0.1, 0.15) is 0 Å². The second-order valence-corrected chi connectivity index (χ2v) is 6.58. The predicted molar refractivity (Wildman–Crippen MR) is 56.2 cm³/mol. The number of carbonyl (C=O) groups excluding carboxylic acids is 1. The van der Waals surface area contributed by atoms with Crippen LogP contribution in [0.5, 0.6) is 0 Å². The molecule has 13 heavy (non-hydrogen) atoms. The molecule has 0 heterocycles. The smallest absolute Gasteiger partial charge is 0.292 e. The number of hydrogen-bond donors (Lipinski definition) is 0. The molecule has 0 atom stereocenters. The maximum Gasteiger partial charge on any atom is 0.292 e. The summed E-state index contributed by atoms with van der Waals surface area (Å²) in [6, 6.07) is 0. The summed E-state index contributed by atoms with van der Waals surface area (Å²) >= 11 is 0. The highest BCUT2D eigenvalue weighted by molar-refractivity contribution is 6.50. The summed E-state index contributed by atoms with van der Waals surface area (Å²) < 4.78 is 5.25. The van der Waals surface area contributed by atoms with Crippen LogP contribution in [-0.2, 0) is 9.22 Å². The maximum atomic E-state index is 11.3. The fourth-order valence-corrected chi connectivity index (χ4v) is 2.56. The summed E-state index contributed by atoms with van der Waals surface area (Å²) in [7, 11) is -1.15. The molecule has 1 aliphatic carbocycles. The first-order valence-corrected chi connectivity index (χ1v) is 8.16. The van der Waals surface area contributed by atoms with E-state index in [0.717, 1.165) is 0 Å². The second-order valence-electron chi connectivity index (χ2n) is 4.25. The Balaban J connectivity index is 2.18. The molecule has 0 saturated heterocycles. The van der Waals surface area contributed by atoms with E-state index in [9.17, 15) is 4.79 Å². The number of hydrogen-bond acceptors (Lipinski definition) is 2. The molecule has 0 spiro atoms. The van der Waals surface area contributed by atoms with Crippen molar-refractivity contribution in [2.45, 2.75) is 51.6 Å². The predicted octanol–water partition coefficient (Wildman–Crippen LogP) is 2.48. The minimum absolute atomic E-state index is 0.0496. The van der Waals surface area contributed by atoms with Crippen molar-refractivity contribution in [2.75, 3.05) is 0 Å². The molecule has 1 saturated carbocycles. The first kappa shape index (κ1) is 10.8. The molecule has 0 amide bonds. The molecular weight excluding hydrogens is 180 g/mol. The molecule has 0 aliphatic heterocycles. The van der Waals surface area contributed by atoms with Crippen LogP contribution in [0, 0.1) is 5.92 Å². The summed E-state index contributed by atoms with van der Waals surface area (Å²) in [6.45, 7) is 4.08. The quantitative estimate of drug-likeness (QED) is 0.654. The summed E-state index contributed by atoms with van der Waals surface area (Å²) in [6.07, 6.45) is 7.09. The highest BCUT2D eigenvalue weighted by Crippen LogP contribution is 2.26. The molecule has 1 aliphatic rings. The van der Waals surface area contributed by atoms with E-state index >= 15 is 0 Å². The van der Waals surface area contributed by atoms with Crippen molar-refractivity contribution in [3.05, 3.63) is 0 Å².